The summed E-state index contributed by atoms with van der Waals surface area (Å²) in [5.41, 5.74) is 2.11. The zero-order chi connectivity index (χ0) is 19.0. The Labute approximate surface area is 156 Å². The molecule has 2 aliphatic rings. The second kappa shape index (κ2) is 6.99. The number of anilines is 3. The van der Waals surface area contributed by atoms with Gasteiger partial charge in [0.05, 0.1) is 6.54 Å². The summed E-state index contributed by atoms with van der Waals surface area (Å²) in [6.07, 6.45) is -0.892. The molecule has 0 aliphatic carbocycles. The van der Waals surface area contributed by atoms with Crippen molar-refractivity contribution in [3.8, 4) is 0 Å². The van der Waals surface area contributed by atoms with Crippen LogP contribution in [0, 0.1) is 6.92 Å². The smallest absolute Gasteiger partial charge is 0.340 e. The maximum Gasteiger partial charge on any atom is 0.401 e. The maximum atomic E-state index is 12.8. The minimum absolute atomic E-state index is 0.0947. The van der Waals surface area contributed by atoms with Crippen LogP contribution < -0.4 is 10.2 Å². The second-order valence-corrected chi connectivity index (χ2v) is 7.31. The van der Waals surface area contributed by atoms with E-state index in [9.17, 15) is 13.2 Å². The Balaban J connectivity index is 1.46. The van der Waals surface area contributed by atoms with Crippen molar-refractivity contribution < 1.29 is 13.2 Å². The van der Waals surface area contributed by atoms with Crippen LogP contribution in [0.4, 0.5) is 30.6 Å². The predicted octanol–water partition coefficient (Wildman–Crippen LogP) is 3.74. The molecule has 2 bridgehead atoms. The van der Waals surface area contributed by atoms with Gasteiger partial charge in [0.2, 0.25) is 5.95 Å². The fourth-order valence-electron chi connectivity index (χ4n) is 3.97. The molecule has 2 aliphatic heterocycles. The molecule has 1 aromatic heterocycles. The van der Waals surface area contributed by atoms with Crippen LogP contribution >= 0.6 is 0 Å². The number of piperazine rings is 1. The lowest BCUT2D eigenvalue weighted by Gasteiger charge is -2.41. The molecule has 0 amide bonds. The second-order valence-electron chi connectivity index (χ2n) is 7.31. The van der Waals surface area contributed by atoms with E-state index in [0.717, 1.165) is 18.5 Å². The van der Waals surface area contributed by atoms with Crippen LogP contribution in [0.5, 0.6) is 0 Å². The Morgan fingerprint density at radius 2 is 1.74 bits per heavy atom. The Morgan fingerprint density at radius 1 is 1.07 bits per heavy atom. The molecular formula is C19H22F3N5. The number of benzene rings is 1. The Morgan fingerprint density at radius 3 is 2.37 bits per heavy atom. The zero-order valence-electron chi connectivity index (χ0n) is 15.1. The lowest BCUT2D eigenvalue weighted by molar-refractivity contribution is -0.153. The van der Waals surface area contributed by atoms with E-state index in [0.29, 0.717) is 24.9 Å². The number of hydrogen-bond acceptors (Lipinski definition) is 5. The van der Waals surface area contributed by atoms with Crippen LogP contribution in [0.15, 0.2) is 36.5 Å². The molecule has 8 heteroatoms. The van der Waals surface area contributed by atoms with Crippen molar-refractivity contribution in [1.82, 2.24) is 14.9 Å². The summed E-state index contributed by atoms with van der Waals surface area (Å²) in [5.74, 6) is 1.24. The molecule has 1 aromatic carbocycles. The van der Waals surface area contributed by atoms with E-state index >= 15 is 0 Å². The van der Waals surface area contributed by atoms with Gasteiger partial charge in [-0.2, -0.15) is 18.2 Å². The van der Waals surface area contributed by atoms with E-state index in [2.05, 4.69) is 15.3 Å². The van der Waals surface area contributed by atoms with E-state index in [1.54, 1.807) is 17.2 Å². The van der Waals surface area contributed by atoms with Gasteiger partial charge in [0.15, 0.2) is 0 Å². The molecule has 2 atom stereocenters. The van der Waals surface area contributed by atoms with Gasteiger partial charge in [0.25, 0.3) is 0 Å². The van der Waals surface area contributed by atoms with E-state index in [4.69, 9.17) is 0 Å². The number of rotatable bonds is 4. The van der Waals surface area contributed by atoms with Crippen LogP contribution in [-0.2, 0) is 0 Å². The van der Waals surface area contributed by atoms with Crippen molar-refractivity contribution in [3.05, 3.63) is 42.1 Å². The highest BCUT2D eigenvalue weighted by Crippen LogP contribution is 2.34. The number of aromatic nitrogens is 2. The number of nitrogens with one attached hydrogen (secondary N) is 1. The van der Waals surface area contributed by atoms with Gasteiger partial charge in [-0.05, 0) is 38.0 Å². The molecule has 27 heavy (non-hydrogen) atoms. The van der Waals surface area contributed by atoms with Crippen molar-refractivity contribution >= 4 is 17.5 Å². The lowest BCUT2D eigenvalue weighted by atomic mass is 10.2. The highest BCUT2D eigenvalue weighted by Gasteiger charge is 2.45. The third-order valence-electron chi connectivity index (χ3n) is 5.24. The first-order valence-electron chi connectivity index (χ1n) is 9.11. The largest absolute Gasteiger partial charge is 0.401 e. The van der Waals surface area contributed by atoms with Crippen molar-refractivity contribution in [1.29, 1.82) is 0 Å². The lowest BCUT2D eigenvalue weighted by Crippen LogP contribution is -2.56. The van der Waals surface area contributed by atoms with E-state index in [1.165, 1.54) is 5.56 Å². The Kier molecular flexibility index (Phi) is 4.67. The third-order valence-corrected chi connectivity index (χ3v) is 5.24. The normalized spacial score (nSPS) is 22.9. The molecule has 0 saturated carbocycles. The number of fused-ring (bicyclic) bond motifs is 2. The average Bonchev–Trinajstić information content (AvgIpc) is 2.84. The fraction of sp³-hybridized carbons (Fsp3) is 0.474. The van der Waals surface area contributed by atoms with E-state index < -0.39 is 12.7 Å². The maximum absolute atomic E-state index is 12.8. The monoisotopic (exact) mass is 377 g/mol. The molecule has 2 aromatic rings. The molecule has 4 rings (SSSR count). The quantitative estimate of drug-likeness (QED) is 0.879. The molecule has 0 radical (unpaired) electrons. The van der Waals surface area contributed by atoms with Gasteiger partial charge in [0.1, 0.15) is 5.82 Å². The van der Waals surface area contributed by atoms with Gasteiger partial charge in [-0.3, -0.25) is 4.90 Å². The summed E-state index contributed by atoms with van der Waals surface area (Å²) >= 11 is 0. The molecule has 2 saturated heterocycles. The number of halogens is 3. The molecule has 2 unspecified atom stereocenters. The fourth-order valence-corrected chi connectivity index (χ4v) is 3.97. The molecule has 1 N–H and O–H groups in total. The summed E-state index contributed by atoms with van der Waals surface area (Å²) in [6.45, 7) is 2.26. The number of aryl methyl sites for hydroxylation is 1. The van der Waals surface area contributed by atoms with Crippen LogP contribution in [0.25, 0.3) is 0 Å². The Bertz CT molecular complexity index is 779. The van der Waals surface area contributed by atoms with Crippen LogP contribution in [0.1, 0.15) is 18.4 Å². The standard InChI is InChI=1S/C19H22F3N5/c1-13-2-4-14(5-3-13)24-17-8-9-23-18(25-17)26-10-15-6-7-16(11-26)27(15)12-19(20,21)22/h2-5,8-9,15-16H,6-7,10-12H2,1H3,(H,23,24,25). The van der Waals surface area contributed by atoms with Gasteiger partial charge >= 0.3 is 6.18 Å². The summed E-state index contributed by atoms with van der Waals surface area (Å²) in [6, 6.07) is 9.59. The van der Waals surface area contributed by atoms with Gasteiger partial charge in [-0.1, -0.05) is 17.7 Å². The van der Waals surface area contributed by atoms with Gasteiger partial charge in [-0.15, -0.1) is 0 Å². The summed E-state index contributed by atoms with van der Waals surface area (Å²) in [7, 11) is 0. The van der Waals surface area contributed by atoms with Crippen molar-refractivity contribution in [2.45, 2.75) is 38.0 Å². The SMILES string of the molecule is Cc1ccc(Nc2ccnc(N3CC4CCC(C3)N4CC(F)(F)F)n2)cc1. The molecule has 2 fully saturated rings. The summed E-state index contributed by atoms with van der Waals surface area (Å²) in [5, 5.41) is 3.25. The van der Waals surface area contributed by atoms with Crippen molar-refractivity contribution in [2.24, 2.45) is 0 Å². The Hall–Kier alpha value is -2.35. The van der Waals surface area contributed by atoms with Gasteiger partial charge in [-0.25, -0.2) is 4.98 Å². The molecule has 5 nitrogen and oxygen atoms in total. The van der Waals surface area contributed by atoms with Crippen molar-refractivity contribution in [2.75, 3.05) is 29.9 Å². The predicted molar refractivity (Wildman–Crippen MR) is 98.3 cm³/mol. The highest BCUT2D eigenvalue weighted by molar-refractivity contribution is 5.57. The first-order chi connectivity index (χ1) is 12.9. The molecule has 3 heterocycles. The van der Waals surface area contributed by atoms with E-state index in [-0.39, 0.29) is 12.1 Å². The van der Waals surface area contributed by atoms with Gasteiger partial charge < -0.3 is 10.2 Å². The topological polar surface area (TPSA) is 44.3 Å². The summed E-state index contributed by atoms with van der Waals surface area (Å²) < 4.78 is 38.5. The zero-order valence-corrected chi connectivity index (χ0v) is 15.1. The molecule has 144 valence electrons. The van der Waals surface area contributed by atoms with Crippen LogP contribution in [-0.4, -0.2) is 52.8 Å². The minimum Gasteiger partial charge on any atom is -0.340 e. The van der Waals surface area contributed by atoms with Crippen LogP contribution in [0.3, 0.4) is 0 Å². The first-order valence-corrected chi connectivity index (χ1v) is 9.11. The third kappa shape index (κ3) is 4.16. The minimum atomic E-state index is -4.16. The number of nitrogens with zero attached hydrogens (tertiary/aromatic N) is 4. The number of alkyl halides is 3. The van der Waals surface area contributed by atoms with Crippen molar-refractivity contribution in [3.63, 3.8) is 0 Å². The highest BCUT2D eigenvalue weighted by atomic mass is 19.4. The molecular weight excluding hydrogens is 355 g/mol. The summed E-state index contributed by atoms with van der Waals surface area (Å²) in [4.78, 5) is 12.5. The molecule has 0 spiro atoms. The van der Waals surface area contributed by atoms with E-state index in [1.807, 2.05) is 36.1 Å². The van der Waals surface area contributed by atoms with Crippen LogP contribution in [0.2, 0.25) is 0 Å². The average molecular weight is 377 g/mol. The first kappa shape index (κ1) is 18.0. The van der Waals surface area contributed by atoms with Gasteiger partial charge in [0, 0.05) is 37.1 Å². The number of hydrogen-bond donors (Lipinski definition) is 1.